The van der Waals surface area contributed by atoms with Gasteiger partial charge in [-0.3, -0.25) is 4.79 Å². The van der Waals surface area contributed by atoms with Gasteiger partial charge in [0.2, 0.25) is 0 Å². The van der Waals surface area contributed by atoms with Gasteiger partial charge < -0.3 is 4.90 Å². The lowest BCUT2D eigenvalue weighted by atomic mass is 9.85. The molecule has 1 aliphatic heterocycles. The van der Waals surface area contributed by atoms with Crippen LogP contribution in [0.1, 0.15) is 28.8 Å². The molecule has 1 amide bonds. The molecule has 0 bridgehead atoms. The molecule has 4 heteroatoms. The lowest BCUT2D eigenvalue weighted by Crippen LogP contribution is -2.40. The largest absolute Gasteiger partial charge is 0.306 e. The van der Waals surface area contributed by atoms with Crippen molar-refractivity contribution < 1.29 is 9.18 Å². The predicted octanol–water partition coefficient (Wildman–Crippen LogP) is 4.80. The summed E-state index contributed by atoms with van der Waals surface area (Å²) in [5, 5.41) is 0.496. The minimum atomic E-state index is -0.423. The molecule has 2 aromatic carbocycles. The van der Waals surface area contributed by atoms with Crippen LogP contribution in [0.2, 0.25) is 5.02 Å². The second-order valence-electron chi connectivity index (χ2n) is 5.50. The van der Waals surface area contributed by atoms with Crippen LogP contribution in [-0.4, -0.2) is 12.5 Å². The van der Waals surface area contributed by atoms with Gasteiger partial charge in [-0.15, -0.1) is 0 Å². The van der Waals surface area contributed by atoms with Gasteiger partial charge in [0, 0.05) is 18.0 Å². The Labute approximate surface area is 133 Å². The minimum absolute atomic E-state index is 0.0374. The zero-order valence-electron chi connectivity index (χ0n) is 12.1. The van der Waals surface area contributed by atoms with Gasteiger partial charge in [0.25, 0.3) is 5.91 Å². The van der Waals surface area contributed by atoms with Gasteiger partial charge >= 0.3 is 0 Å². The molecule has 0 fully saturated rings. The summed E-state index contributed by atoms with van der Waals surface area (Å²) in [4.78, 5) is 14.4. The second-order valence-corrected chi connectivity index (χ2v) is 5.90. The van der Waals surface area contributed by atoms with Gasteiger partial charge in [0.15, 0.2) is 0 Å². The van der Waals surface area contributed by atoms with Crippen molar-refractivity contribution in [3.63, 3.8) is 0 Å². The van der Waals surface area contributed by atoms with E-state index in [9.17, 15) is 9.18 Å². The van der Waals surface area contributed by atoms with Crippen LogP contribution in [0.25, 0.3) is 0 Å². The highest BCUT2D eigenvalue weighted by molar-refractivity contribution is 6.34. The molecule has 3 rings (SSSR count). The highest BCUT2D eigenvalue weighted by Gasteiger charge is 2.33. The summed E-state index contributed by atoms with van der Waals surface area (Å²) in [5.74, 6) is -0.696. The molecule has 1 aliphatic rings. The first-order valence-corrected chi connectivity index (χ1v) is 7.38. The van der Waals surface area contributed by atoms with Crippen LogP contribution >= 0.6 is 11.6 Å². The molecule has 0 aromatic heterocycles. The van der Waals surface area contributed by atoms with Crippen molar-refractivity contribution in [1.82, 2.24) is 0 Å². The van der Waals surface area contributed by atoms with Crippen LogP contribution in [0.3, 0.4) is 0 Å². The summed E-state index contributed by atoms with van der Waals surface area (Å²) >= 11 is 6.22. The van der Waals surface area contributed by atoms with Crippen LogP contribution in [0.4, 0.5) is 10.1 Å². The van der Waals surface area contributed by atoms with E-state index in [2.05, 4.69) is 6.58 Å². The monoisotopic (exact) mass is 315 g/mol. The van der Waals surface area contributed by atoms with E-state index in [0.717, 1.165) is 11.1 Å². The average molecular weight is 316 g/mol. The zero-order valence-corrected chi connectivity index (χ0v) is 12.9. The molecule has 112 valence electrons. The second kappa shape index (κ2) is 5.58. The SMILES string of the molecule is C=C(C)C1CN(c2ccccc2Cl)C(=O)c2cc(F)ccc21. The van der Waals surface area contributed by atoms with E-state index < -0.39 is 5.82 Å². The molecule has 0 spiro atoms. The maximum Gasteiger partial charge on any atom is 0.258 e. The number of halogens is 2. The maximum absolute atomic E-state index is 13.6. The molecule has 0 saturated carbocycles. The quantitative estimate of drug-likeness (QED) is 0.729. The van der Waals surface area contributed by atoms with Gasteiger partial charge in [-0.2, -0.15) is 0 Å². The third-order valence-corrected chi connectivity index (χ3v) is 4.29. The third-order valence-electron chi connectivity index (χ3n) is 3.97. The number of para-hydroxylation sites is 1. The number of nitrogens with zero attached hydrogens (tertiary/aromatic N) is 1. The fourth-order valence-electron chi connectivity index (χ4n) is 2.83. The number of rotatable bonds is 2. The molecule has 2 aromatic rings. The number of fused-ring (bicyclic) bond motifs is 1. The summed E-state index contributed by atoms with van der Waals surface area (Å²) in [6.45, 7) is 6.38. The summed E-state index contributed by atoms with van der Waals surface area (Å²) in [5.41, 5.74) is 2.76. The maximum atomic E-state index is 13.6. The number of anilines is 1. The van der Waals surface area contributed by atoms with E-state index in [0.29, 0.717) is 22.8 Å². The van der Waals surface area contributed by atoms with Gasteiger partial charge in [-0.05, 0) is 36.8 Å². The van der Waals surface area contributed by atoms with Crippen molar-refractivity contribution in [2.75, 3.05) is 11.4 Å². The Morgan fingerprint density at radius 2 is 2.05 bits per heavy atom. The Balaban J connectivity index is 2.15. The number of carbonyl (C=O) groups is 1. The predicted molar refractivity (Wildman–Crippen MR) is 87.1 cm³/mol. The Hall–Kier alpha value is -2.13. The number of carbonyl (C=O) groups excluding carboxylic acids is 1. The normalized spacial score (nSPS) is 17.3. The summed E-state index contributed by atoms with van der Waals surface area (Å²) in [7, 11) is 0. The van der Waals surface area contributed by atoms with Gasteiger partial charge in [0.1, 0.15) is 5.82 Å². The van der Waals surface area contributed by atoms with Crippen molar-refractivity contribution >= 4 is 23.2 Å². The Morgan fingerprint density at radius 1 is 1.32 bits per heavy atom. The first-order chi connectivity index (χ1) is 10.5. The summed E-state index contributed by atoms with van der Waals surface area (Å²) in [6.07, 6.45) is 0. The van der Waals surface area contributed by atoms with Crippen molar-refractivity contribution in [2.45, 2.75) is 12.8 Å². The third kappa shape index (κ3) is 2.42. The molecule has 22 heavy (non-hydrogen) atoms. The van der Waals surface area contributed by atoms with Gasteiger partial charge in [-0.1, -0.05) is 42.0 Å². The first-order valence-electron chi connectivity index (χ1n) is 7.00. The van der Waals surface area contributed by atoms with E-state index in [4.69, 9.17) is 11.6 Å². The standard InChI is InChI=1S/C18H15ClFNO/c1-11(2)15-10-21(17-6-4-3-5-16(17)19)18(22)14-9-12(20)7-8-13(14)15/h3-9,15H,1,10H2,2H3. The molecule has 1 heterocycles. The molecule has 0 N–H and O–H groups in total. The van der Waals surface area contributed by atoms with E-state index >= 15 is 0 Å². The zero-order chi connectivity index (χ0) is 15.9. The topological polar surface area (TPSA) is 20.3 Å². The van der Waals surface area contributed by atoms with E-state index in [1.807, 2.05) is 19.1 Å². The fourth-order valence-corrected chi connectivity index (χ4v) is 3.06. The van der Waals surface area contributed by atoms with Gasteiger partial charge in [0.05, 0.1) is 10.7 Å². The lowest BCUT2D eigenvalue weighted by Gasteiger charge is -2.35. The highest BCUT2D eigenvalue weighted by atomic mass is 35.5. The van der Waals surface area contributed by atoms with E-state index in [1.165, 1.54) is 12.1 Å². The molecular weight excluding hydrogens is 301 g/mol. The van der Waals surface area contributed by atoms with Crippen molar-refractivity contribution in [2.24, 2.45) is 0 Å². The molecule has 1 atom stereocenters. The Kier molecular flexibility index (Phi) is 3.75. The van der Waals surface area contributed by atoms with Crippen molar-refractivity contribution in [3.05, 3.63) is 76.6 Å². The van der Waals surface area contributed by atoms with Crippen molar-refractivity contribution in [1.29, 1.82) is 0 Å². The number of amides is 1. The molecule has 0 saturated heterocycles. The van der Waals surface area contributed by atoms with Crippen LogP contribution in [0.5, 0.6) is 0 Å². The summed E-state index contributed by atoms with van der Waals surface area (Å²) in [6, 6.07) is 11.5. The smallest absolute Gasteiger partial charge is 0.258 e. The number of benzene rings is 2. The Bertz CT molecular complexity index is 771. The number of hydrogen-bond acceptors (Lipinski definition) is 1. The molecule has 0 aliphatic carbocycles. The molecule has 0 radical (unpaired) electrons. The Morgan fingerprint density at radius 3 is 2.73 bits per heavy atom. The first kappa shape index (κ1) is 14.8. The van der Waals surface area contributed by atoms with E-state index in [1.54, 1.807) is 23.1 Å². The van der Waals surface area contributed by atoms with E-state index in [-0.39, 0.29) is 11.8 Å². The van der Waals surface area contributed by atoms with Crippen LogP contribution < -0.4 is 4.90 Å². The molecule has 1 unspecified atom stereocenters. The number of hydrogen-bond donors (Lipinski definition) is 0. The summed E-state index contributed by atoms with van der Waals surface area (Å²) < 4.78 is 13.6. The average Bonchev–Trinajstić information content (AvgIpc) is 2.49. The van der Waals surface area contributed by atoms with Crippen LogP contribution in [0.15, 0.2) is 54.6 Å². The van der Waals surface area contributed by atoms with Crippen molar-refractivity contribution in [3.8, 4) is 0 Å². The lowest BCUT2D eigenvalue weighted by molar-refractivity contribution is 0.0977. The molecule has 2 nitrogen and oxygen atoms in total. The highest BCUT2D eigenvalue weighted by Crippen LogP contribution is 2.37. The minimum Gasteiger partial charge on any atom is -0.306 e. The fraction of sp³-hybridized carbons (Fsp3) is 0.167. The molecular formula is C18H15ClFNO. The van der Waals surface area contributed by atoms with Gasteiger partial charge in [-0.25, -0.2) is 4.39 Å². The van der Waals surface area contributed by atoms with Crippen LogP contribution in [-0.2, 0) is 0 Å². The van der Waals surface area contributed by atoms with Crippen LogP contribution in [0, 0.1) is 5.82 Å².